The lowest BCUT2D eigenvalue weighted by atomic mass is 9.90. The van der Waals surface area contributed by atoms with Crippen LogP contribution in [0.2, 0.25) is 0 Å². The van der Waals surface area contributed by atoms with Crippen LogP contribution >= 0.6 is 0 Å². The topological polar surface area (TPSA) is 41.6 Å². The summed E-state index contributed by atoms with van der Waals surface area (Å²) in [6.07, 6.45) is 1.98. The molecule has 1 amide bonds. The van der Waals surface area contributed by atoms with Crippen molar-refractivity contribution >= 4 is 5.91 Å². The van der Waals surface area contributed by atoms with Gasteiger partial charge in [-0.3, -0.25) is 4.79 Å². The lowest BCUT2D eigenvalue weighted by Gasteiger charge is -2.45. The maximum absolute atomic E-state index is 12.5. The van der Waals surface area contributed by atoms with Gasteiger partial charge in [0.15, 0.2) is 0 Å². The van der Waals surface area contributed by atoms with Crippen LogP contribution in [0.1, 0.15) is 23.2 Å². The summed E-state index contributed by atoms with van der Waals surface area (Å²) in [5, 5.41) is 3.35. The molecule has 0 aliphatic carbocycles. The van der Waals surface area contributed by atoms with Crippen LogP contribution in [0.4, 0.5) is 0 Å². The second-order valence-electron chi connectivity index (χ2n) is 5.37. The molecule has 4 nitrogen and oxygen atoms in total. The molecule has 2 aliphatic heterocycles. The summed E-state index contributed by atoms with van der Waals surface area (Å²) in [5.41, 5.74) is 0.655. The second-order valence-corrected chi connectivity index (χ2v) is 5.37. The summed E-state index contributed by atoms with van der Waals surface area (Å²) in [5.74, 6) is 0.127. The van der Waals surface area contributed by atoms with E-state index >= 15 is 0 Å². The smallest absolute Gasteiger partial charge is 0.254 e. The van der Waals surface area contributed by atoms with Crippen LogP contribution in [0.5, 0.6) is 0 Å². The summed E-state index contributed by atoms with van der Waals surface area (Å²) >= 11 is 0. The van der Waals surface area contributed by atoms with Gasteiger partial charge in [0.2, 0.25) is 0 Å². The van der Waals surface area contributed by atoms with E-state index in [-0.39, 0.29) is 11.5 Å². The van der Waals surface area contributed by atoms with Crippen molar-refractivity contribution in [2.45, 2.75) is 18.4 Å². The van der Waals surface area contributed by atoms with E-state index in [0.717, 1.165) is 38.0 Å². The first kappa shape index (κ1) is 12.6. The Bertz CT molecular complexity index is 435. The zero-order valence-electron chi connectivity index (χ0n) is 11.1. The monoisotopic (exact) mass is 260 g/mol. The maximum atomic E-state index is 12.5. The highest BCUT2D eigenvalue weighted by Crippen LogP contribution is 2.28. The predicted molar refractivity (Wildman–Crippen MR) is 73.1 cm³/mol. The van der Waals surface area contributed by atoms with Crippen molar-refractivity contribution in [2.24, 2.45) is 0 Å². The average Bonchev–Trinajstić information content (AvgIpc) is 2.48. The lowest BCUT2D eigenvalue weighted by molar-refractivity contribution is -0.114. The zero-order chi connectivity index (χ0) is 13.1. The van der Waals surface area contributed by atoms with Crippen molar-refractivity contribution in [3.05, 3.63) is 35.9 Å². The highest BCUT2D eigenvalue weighted by Gasteiger charge is 2.39. The minimum atomic E-state index is -0.117. The van der Waals surface area contributed by atoms with Gasteiger partial charge in [-0.2, -0.15) is 0 Å². The van der Waals surface area contributed by atoms with Crippen LogP contribution in [0, 0.1) is 0 Å². The first-order chi connectivity index (χ1) is 9.29. The fraction of sp³-hybridized carbons (Fsp3) is 0.533. The van der Waals surface area contributed by atoms with Crippen molar-refractivity contribution in [3.8, 4) is 0 Å². The Morgan fingerprint density at radius 1 is 1.21 bits per heavy atom. The Kier molecular flexibility index (Phi) is 3.53. The summed E-state index contributed by atoms with van der Waals surface area (Å²) in [4.78, 5) is 14.4. The van der Waals surface area contributed by atoms with E-state index in [2.05, 4.69) is 5.32 Å². The van der Waals surface area contributed by atoms with Gasteiger partial charge in [0.05, 0.1) is 18.8 Å². The van der Waals surface area contributed by atoms with Gasteiger partial charge in [-0.05, 0) is 38.1 Å². The van der Waals surface area contributed by atoms with E-state index < -0.39 is 0 Å². The molecule has 19 heavy (non-hydrogen) atoms. The van der Waals surface area contributed by atoms with Gasteiger partial charge in [-0.1, -0.05) is 18.2 Å². The molecule has 4 heteroatoms. The average molecular weight is 260 g/mol. The number of hydrogen-bond acceptors (Lipinski definition) is 3. The quantitative estimate of drug-likeness (QED) is 0.827. The third kappa shape index (κ3) is 2.65. The Balaban J connectivity index is 1.73. The van der Waals surface area contributed by atoms with Crippen LogP contribution in [0.15, 0.2) is 30.3 Å². The SMILES string of the molecule is O=C(c1ccccc1)N1CCOC2(CCNCC2)C1. The standard InChI is InChI=1S/C15H20N2O2/c18-14(13-4-2-1-3-5-13)17-10-11-19-15(12-17)6-8-16-9-7-15/h1-5,16H,6-12H2. The van der Waals surface area contributed by atoms with Crippen molar-refractivity contribution in [3.63, 3.8) is 0 Å². The number of hydrogen-bond donors (Lipinski definition) is 1. The molecule has 0 unspecified atom stereocenters. The second kappa shape index (κ2) is 5.31. The number of ether oxygens (including phenoxy) is 1. The van der Waals surface area contributed by atoms with Gasteiger partial charge in [0, 0.05) is 12.1 Å². The number of piperidine rings is 1. The molecule has 3 rings (SSSR count). The highest BCUT2D eigenvalue weighted by molar-refractivity contribution is 5.94. The first-order valence-electron chi connectivity index (χ1n) is 6.98. The van der Waals surface area contributed by atoms with Crippen LogP contribution in [-0.2, 0) is 4.74 Å². The molecule has 0 saturated carbocycles. The number of benzene rings is 1. The van der Waals surface area contributed by atoms with Crippen LogP contribution < -0.4 is 5.32 Å². The first-order valence-corrected chi connectivity index (χ1v) is 6.98. The zero-order valence-corrected chi connectivity index (χ0v) is 11.1. The summed E-state index contributed by atoms with van der Waals surface area (Å²) in [6.45, 7) is 4.03. The van der Waals surface area contributed by atoms with Crippen molar-refractivity contribution < 1.29 is 9.53 Å². The molecule has 2 fully saturated rings. The molecule has 1 N–H and O–H groups in total. The summed E-state index contributed by atoms with van der Waals surface area (Å²) in [7, 11) is 0. The normalized spacial score (nSPS) is 22.4. The number of morpholine rings is 1. The molecule has 1 aromatic rings. The van der Waals surface area contributed by atoms with Gasteiger partial charge in [0.25, 0.3) is 5.91 Å². The van der Waals surface area contributed by atoms with Gasteiger partial charge in [0.1, 0.15) is 0 Å². The third-order valence-electron chi connectivity index (χ3n) is 4.07. The van der Waals surface area contributed by atoms with Crippen molar-refractivity contribution in [1.82, 2.24) is 10.2 Å². The van der Waals surface area contributed by atoms with Gasteiger partial charge in [-0.15, -0.1) is 0 Å². The van der Waals surface area contributed by atoms with E-state index in [1.807, 2.05) is 35.2 Å². The number of amides is 1. The summed E-state index contributed by atoms with van der Waals surface area (Å²) < 4.78 is 5.99. The lowest BCUT2D eigenvalue weighted by Crippen LogP contribution is -2.57. The molecule has 102 valence electrons. The largest absolute Gasteiger partial charge is 0.371 e. The molecule has 1 aromatic carbocycles. The minimum Gasteiger partial charge on any atom is -0.371 e. The van der Waals surface area contributed by atoms with E-state index in [0.29, 0.717) is 13.2 Å². The van der Waals surface area contributed by atoms with Gasteiger partial charge in [-0.25, -0.2) is 0 Å². The van der Waals surface area contributed by atoms with Crippen molar-refractivity contribution in [1.29, 1.82) is 0 Å². The molecule has 0 bridgehead atoms. The number of carbonyl (C=O) groups excluding carboxylic acids is 1. The minimum absolute atomic E-state index is 0.117. The highest BCUT2D eigenvalue weighted by atomic mass is 16.5. The molecule has 1 spiro atoms. The molecule has 0 radical (unpaired) electrons. The van der Waals surface area contributed by atoms with Gasteiger partial charge < -0.3 is 15.0 Å². The molecular formula is C15H20N2O2. The van der Waals surface area contributed by atoms with Crippen LogP contribution in [0.3, 0.4) is 0 Å². The number of carbonyl (C=O) groups is 1. The Labute approximate surface area is 113 Å². The number of nitrogens with one attached hydrogen (secondary N) is 1. The van der Waals surface area contributed by atoms with Crippen LogP contribution in [0.25, 0.3) is 0 Å². The van der Waals surface area contributed by atoms with Crippen molar-refractivity contribution in [2.75, 3.05) is 32.8 Å². The Morgan fingerprint density at radius 2 is 1.95 bits per heavy atom. The summed E-state index contributed by atoms with van der Waals surface area (Å²) in [6, 6.07) is 9.52. The van der Waals surface area contributed by atoms with E-state index in [1.165, 1.54) is 0 Å². The van der Waals surface area contributed by atoms with E-state index in [1.54, 1.807) is 0 Å². The van der Waals surface area contributed by atoms with E-state index in [4.69, 9.17) is 4.74 Å². The third-order valence-corrected chi connectivity index (χ3v) is 4.07. The molecule has 2 heterocycles. The predicted octanol–water partition coefficient (Wildman–Crippen LogP) is 1.28. The molecule has 2 aliphatic rings. The fourth-order valence-electron chi connectivity index (χ4n) is 2.97. The fourth-order valence-corrected chi connectivity index (χ4v) is 2.97. The Morgan fingerprint density at radius 3 is 2.68 bits per heavy atom. The number of nitrogens with zero attached hydrogens (tertiary/aromatic N) is 1. The molecule has 0 atom stereocenters. The maximum Gasteiger partial charge on any atom is 0.254 e. The van der Waals surface area contributed by atoms with E-state index in [9.17, 15) is 4.79 Å². The van der Waals surface area contributed by atoms with Crippen LogP contribution in [-0.4, -0.2) is 49.2 Å². The molecule has 0 aromatic heterocycles. The molecular weight excluding hydrogens is 240 g/mol. The van der Waals surface area contributed by atoms with Gasteiger partial charge >= 0.3 is 0 Å². The Hall–Kier alpha value is -1.39. The molecule has 2 saturated heterocycles. The number of rotatable bonds is 1.